The van der Waals surface area contributed by atoms with Gasteiger partial charge >= 0.3 is 0 Å². The molecule has 18 heavy (non-hydrogen) atoms. The van der Waals surface area contributed by atoms with Crippen molar-refractivity contribution < 1.29 is 9.59 Å². The number of carbonyl (C=O) groups is 2. The molecule has 102 valence electrons. The highest BCUT2D eigenvalue weighted by molar-refractivity contribution is 5.91. The predicted molar refractivity (Wildman–Crippen MR) is 68.8 cm³/mol. The lowest BCUT2D eigenvalue weighted by Crippen LogP contribution is -2.55. The Morgan fingerprint density at radius 1 is 1.33 bits per heavy atom. The van der Waals surface area contributed by atoms with Gasteiger partial charge in [-0.1, -0.05) is 6.42 Å². The lowest BCUT2D eigenvalue weighted by molar-refractivity contribution is -0.152. The highest BCUT2D eigenvalue weighted by atomic mass is 16.2. The van der Waals surface area contributed by atoms with E-state index in [1.165, 1.54) is 0 Å². The zero-order valence-corrected chi connectivity index (χ0v) is 11.3. The Hall–Kier alpha value is -1.10. The van der Waals surface area contributed by atoms with Crippen LogP contribution in [0.15, 0.2) is 0 Å². The summed E-state index contributed by atoms with van der Waals surface area (Å²) >= 11 is 0. The normalized spacial score (nSPS) is 25.7. The van der Waals surface area contributed by atoms with Gasteiger partial charge in [0.05, 0.1) is 5.41 Å². The number of rotatable bonds is 3. The van der Waals surface area contributed by atoms with Crippen LogP contribution in [0.2, 0.25) is 0 Å². The van der Waals surface area contributed by atoms with Crippen molar-refractivity contribution in [1.82, 2.24) is 9.80 Å². The number of likely N-dealkylation sites (tertiary alicyclic amines) is 1. The maximum absolute atomic E-state index is 12.6. The molecule has 1 saturated carbocycles. The molecule has 0 spiro atoms. The molecule has 1 aliphatic carbocycles. The molecule has 0 bridgehead atoms. The number of hydrogen-bond donors (Lipinski definition) is 1. The number of hydrogen-bond acceptors (Lipinski definition) is 3. The van der Waals surface area contributed by atoms with Crippen molar-refractivity contribution in [2.75, 3.05) is 27.2 Å². The van der Waals surface area contributed by atoms with Gasteiger partial charge in [-0.2, -0.15) is 0 Å². The summed E-state index contributed by atoms with van der Waals surface area (Å²) in [4.78, 5) is 28.0. The van der Waals surface area contributed by atoms with E-state index in [0.717, 1.165) is 32.1 Å². The first-order valence-electron chi connectivity index (χ1n) is 6.74. The van der Waals surface area contributed by atoms with E-state index in [0.29, 0.717) is 13.1 Å². The summed E-state index contributed by atoms with van der Waals surface area (Å²) in [5.74, 6) is 0.140. The molecule has 1 aliphatic heterocycles. The molecule has 5 nitrogen and oxygen atoms in total. The van der Waals surface area contributed by atoms with Gasteiger partial charge in [0.25, 0.3) is 0 Å². The van der Waals surface area contributed by atoms with Crippen molar-refractivity contribution in [1.29, 1.82) is 0 Å². The van der Waals surface area contributed by atoms with Gasteiger partial charge in [-0.15, -0.1) is 0 Å². The molecule has 0 aromatic rings. The molecule has 2 fully saturated rings. The fourth-order valence-corrected chi connectivity index (χ4v) is 2.98. The minimum absolute atomic E-state index is 0.0346. The van der Waals surface area contributed by atoms with E-state index in [-0.39, 0.29) is 23.3 Å². The zero-order chi connectivity index (χ0) is 13.3. The van der Waals surface area contributed by atoms with Crippen LogP contribution in [0.1, 0.15) is 32.1 Å². The standard InChI is InChI=1S/C13H23N3O2/c1-15(2)11(17)10-5-3-8-16(10)12(18)13(9-14)6-4-7-13/h10H,3-9,14H2,1-2H3. The number of amides is 2. The topological polar surface area (TPSA) is 66.6 Å². The molecule has 2 N–H and O–H groups in total. The van der Waals surface area contributed by atoms with E-state index >= 15 is 0 Å². The fourth-order valence-electron chi connectivity index (χ4n) is 2.98. The third-order valence-corrected chi connectivity index (χ3v) is 4.39. The SMILES string of the molecule is CN(C)C(=O)C1CCCN1C(=O)C1(CN)CCC1. The van der Waals surface area contributed by atoms with Gasteiger partial charge in [-0.3, -0.25) is 9.59 Å². The summed E-state index contributed by atoms with van der Waals surface area (Å²) in [6.07, 6.45) is 4.52. The summed E-state index contributed by atoms with van der Waals surface area (Å²) in [7, 11) is 3.48. The van der Waals surface area contributed by atoms with Gasteiger partial charge in [0.2, 0.25) is 11.8 Å². The summed E-state index contributed by atoms with van der Waals surface area (Å²) < 4.78 is 0. The Kier molecular flexibility index (Phi) is 3.61. The van der Waals surface area contributed by atoms with E-state index in [4.69, 9.17) is 5.73 Å². The maximum atomic E-state index is 12.6. The van der Waals surface area contributed by atoms with Gasteiger partial charge in [-0.05, 0) is 25.7 Å². The Balaban J connectivity index is 2.12. The summed E-state index contributed by atoms with van der Waals surface area (Å²) in [5, 5.41) is 0. The first-order valence-corrected chi connectivity index (χ1v) is 6.74. The fraction of sp³-hybridized carbons (Fsp3) is 0.846. The smallest absolute Gasteiger partial charge is 0.244 e. The maximum Gasteiger partial charge on any atom is 0.244 e. The van der Waals surface area contributed by atoms with Crippen molar-refractivity contribution in [3.8, 4) is 0 Å². The van der Waals surface area contributed by atoms with Gasteiger partial charge in [0.15, 0.2) is 0 Å². The molecular weight excluding hydrogens is 230 g/mol. The van der Waals surface area contributed by atoms with Crippen molar-refractivity contribution in [3.63, 3.8) is 0 Å². The van der Waals surface area contributed by atoms with Gasteiger partial charge < -0.3 is 15.5 Å². The second-order valence-electron chi connectivity index (χ2n) is 5.73. The Morgan fingerprint density at radius 2 is 2.00 bits per heavy atom. The molecule has 1 unspecified atom stereocenters. The molecule has 0 radical (unpaired) electrons. The van der Waals surface area contributed by atoms with Gasteiger partial charge in [0, 0.05) is 27.2 Å². The van der Waals surface area contributed by atoms with Crippen molar-refractivity contribution >= 4 is 11.8 Å². The number of likely N-dealkylation sites (N-methyl/N-ethyl adjacent to an activating group) is 1. The molecule has 2 amide bonds. The monoisotopic (exact) mass is 253 g/mol. The Morgan fingerprint density at radius 3 is 2.44 bits per heavy atom. The summed E-state index contributed by atoms with van der Waals surface area (Å²) in [6, 6.07) is -0.267. The lowest BCUT2D eigenvalue weighted by atomic mass is 9.67. The average molecular weight is 253 g/mol. The first kappa shape index (κ1) is 13.3. The zero-order valence-electron chi connectivity index (χ0n) is 11.3. The van der Waals surface area contributed by atoms with Crippen LogP contribution in [0, 0.1) is 5.41 Å². The highest BCUT2D eigenvalue weighted by Gasteiger charge is 2.48. The number of nitrogens with zero attached hydrogens (tertiary/aromatic N) is 2. The highest BCUT2D eigenvalue weighted by Crippen LogP contribution is 2.42. The van der Waals surface area contributed by atoms with E-state index in [1.54, 1.807) is 23.9 Å². The van der Waals surface area contributed by atoms with Crippen LogP contribution in [-0.4, -0.2) is 54.8 Å². The van der Waals surface area contributed by atoms with Gasteiger partial charge in [-0.25, -0.2) is 0 Å². The summed E-state index contributed by atoms with van der Waals surface area (Å²) in [5.41, 5.74) is 5.41. The molecule has 2 rings (SSSR count). The molecule has 5 heteroatoms. The molecule has 1 atom stereocenters. The van der Waals surface area contributed by atoms with Crippen molar-refractivity contribution in [2.45, 2.75) is 38.1 Å². The third kappa shape index (κ3) is 2.00. The van der Waals surface area contributed by atoms with E-state index in [1.807, 2.05) is 0 Å². The van der Waals surface area contributed by atoms with Crippen molar-refractivity contribution in [3.05, 3.63) is 0 Å². The average Bonchev–Trinajstić information content (AvgIpc) is 2.75. The Bertz CT molecular complexity index is 345. The molecule has 2 aliphatic rings. The molecule has 0 aromatic carbocycles. The van der Waals surface area contributed by atoms with Crippen LogP contribution in [-0.2, 0) is 9.59 Å². The van der Waals surface area contributed by atoms with E-state index < -0.39 is 0 Å². The third-order valence-electron chi connectivity index (χ3n) is 4.39. The molecule has 1 heterocycles. The van der Waals surface area contributed by atoms with Crippen LogP contribution >= 0.6 is 0 Å². The quantitative estimate of drug-likeness (QED) is 0.781. The van der Waals surface area contributed by atoms with Crippen LogP contribution in [0.25, 0.3) is 0 Å². The first-order chi connectivity index (χ1) is 8.52. The number of carbonyl (C=O) groups excluding carboxylic acids is 2. The molecule has 1 saturated heterocycles. The molecule has 0 aromatic heterocycles. The van der Waals surface area contributed by atoms with Crippen LogP contribution in [0.4, 0.5) is 0 Å². The van der Waals surface area contributed by atoms with Crippen molar-refractivity contribution in [2.24, 2.45) is 11.1 Å². The number of nitrogens with two attached hydrogens (primary N) is 1. The van der Waals surface area contributed by atoms with Crippen LogP contribution in [0.3, 0.4) is 0 Å². The largest absolute Gasteiger partial charge is 0.347 e. The Labute approximate surface area is 108 Å². The van der Waals surface area contributed by atoms with Crippen LogP contribution in [0.5, 0.6) is 0 Å². The minimum Gasteiger partial charge on any atom is -0.347 e. The van der Waals surface area contributed by atoms with E-state index in [9.17, 15) is 9.59 Å². The molecular formula is C13H23N3O2. The predicted octanol–water partition coefficient (Wildman–Crippen LogP) is 0.195. The lowest BCUT2D eigenvalue weighted by Gasteiger charge is -2.43. The second-order valence-corrected chi connectivity index (χ2v) is 5.73. The van der Waals surface area contributed by atoms with Crippen LogP contribution < -0.4 is 5.73 Å². The van der Waals surface area contributed by atoms with E-state index in [2.05, 4.69) is 0 Å². The van der Waals surface area contributed by atoms with Gasteiger partial charge in [0.1, 0.15) is 6.04 Å². The second kappa shape index (κ2) is 4.88. The summed E-state index contributed by atoms with van der Waals surface area (Å²) in [6.45, 7) is 1.11. The minimum atomic E-state index is -0.366.